The number of carbonyl (C=O) groups is 1. The normalized spacial score (nSPS) is 11.4. The van der Waals surface area contributed by atoms with Gasteiger partial charge in [-0.1, -0.05) is 35.9 Å². The summed E-state index contributed by atoms with van der Waals surface area (Å²) in [6.07, 6.45) is -4.45. The third-order valence-corrected chi connectivity index (χ3v) is 3.76. The molecule has 0 spiro atoms. The van der Waals surface area contributed by atoms with Crippen molar-refractivity contribution in [2.75, 3.05) is 5.32 Å². The number of furan rings is 1. The van der Waals surface area contributed by atoms with Crippen molar-refractivity contribution in [3.63, 3.8) is 0 Å². The summed E-state index contributed by atoms with van der Waals surface area (Å²) in [5.41, 5.74) is -0.152. The second-order valence-electron chi connectivity index (χ2n) is 5.18. The van der Waals surface area contributed by atoms with Crippen LogP contribution in [0.3, 0.4) is 0 Å². The Labute approximate surface area is 146 Å². The first-order chi connectivity index (χ1) is 11.8. The summed E-state index contributed by atoms with van der Waals surface area (Å²) in [5.74, 6) is -0.422. The van der Waals surface area contributed by atoms with Crippen LogP contribution in [0.1, 0.15) is 16.1 Å². The monoisotopic (exact) mass is 365 g/mol. The van der Waals surface area contributed by atoms with Gasteiger partial charge in [-0.25, -0.2) is 0 Å². The van der Waals surface area contributed by atoms with Crippen LogP contribution in [0.4, 0.5) is 18.9 Å². The molecule has 3 nitrogen and oxygen atoms in total. The molecular formula is C18H11ClF3NO2. The van der Waals surface area contributed by atoms with Gasteiger partial charge < -0.3 is 9.73 Å². The number of hydrogen-bond acceptors (Lipinski definition) is 2. The molecule has 1 N–H and O–H groups in total. The molecule has 0 aliphatic rings. The minimum absolute atomic E-state index is 0.0349. The van der Waals surface area contributed by atoms with Gasteiger partial charge in [0.2, 0.25) is 0 Å². The zero-order valence-corrected chi connectivity index (χ0v) is 13.4. The topological polar surface area (TPSA) is 42.2 Å². The zero-order chi connectivity index (χ0) is 18.0. The molecule has 1 amide bonds. The van der Waals surface area contributed by atoms with Gasteiger partial charge in [0.15, 0.2) is 5.76 Å². The van der Waals surface area contributed by atoms with Gasteiger partial charge in [-0.2, -0.15) is 13.2 Å². The first-order valence-corrected chi connectivity index (χ1v) is 7.56. The maximum absolute atomic E-state index is 12.8. The van der Waals surface area contributed by atoms with Crippen molar-refractivity contribution in [3.05, 3.63) is 77.0 Å². The molecule has 3 aromatic rings. The van der Waals surface area contributed by atoms with Gasteiger partial charge >= 0.3 is 6.18 Å². The number of alkyl halides is 3. The fraction of sp³-hybridized carbons (Fsp3) is 0.0556. The molecule has 0 atom stereocenters. The molecule has 3 rings (SSSR count). The van der Waals surface area contributed by atoms with Crippen LogP contribution in [0.25, 0.3) is 11.3 Å². The molecule has 128 valence electrons. The van der Waals surface area contributed by atoms with Crippen LogP contribution in [-0.4, -0.2) is 5.91 Å². The molecule has 0 fully saturated rings. The molecule has 7 heteroatoms. The molecule has 0 bridgehead atoms. The fourth-order valence-corrected chi connectivity index (χ4v) is 2.39. The van der Waals surface area contributed by atoms with Crippen molar-refractivity contribution in [3.8, 4) is 11.3 Å². The summed E-state index contributed by atoms with van der Waals surface area (Å²) < 4.78 is 43.8. The van der Waals surface area contributed by atoms with Gasteiger partial charge in [-0.15, -0.1) is 0 Å². The molecule has 2 aromatic carbocycles. The van der Waals surface area contributed by atoms with E-state index in [0.29, 0.717) is 10.7 Å². The average molecular weight is 366 g/mol. The minimum atomic E-state index is -4.45. The summed E-state index contributed by atoms with van der Waals surface area (Å²) in [7, 11) is 0. The lowest BCUT2D eigenvalue weighted by Gasteiger charge is -2.07. The van der Waals surface area contributed by atoms with E-state index in [9.17, 15) is 18.0 Å². The van der Waals surface area contributed by atoms with Crippen molar-refractivity contribution in [2.45, 2.75) is 6.18 Å². The van der Waals surface area contributed by atoms with Crippen molar-refractivity contribution >= 4 is 23.2 Å². The van der Waals surface area contributed by atoms with Gasteiger partial charge in [0.1, 0.15) is 5.76 Å². The Balaban J connectivity index is 1.83. The summed E-state index contributed by atoms with van der Waals surface area (Å²) in [6, 6.07) is 14.2. The maximum atomic E-state index is 12.8. The summed E-state index contributed by atoms with van der Waals surface area (Å²) in [5, 5.41) is 2.94. The number of rotatable bonds is 3. The quantitative estimate of drug-likeness (QED) is 0.630. The highest BCUT2D eigenvalue weighted by molar-refractivity contribution is 6.33. The first kappa shape index (κ1) is 17.1. The SMILES string of the molecule is O=C(Nc1ccccc1Cl)c1ccc(-c2cccc(C(F)(F)F)c2)o1. The van der Waals surface area contributed by atoms with Crippen molar-refractivity contribution in [1.82, 2.24) is 0 Å². The third-order valence-electron chi connectivity index (χ3n) is 3.43. The van der Waals surface area contributed by atoms with Gasteiger partial charge in [0, 0.05) is 5.56 Å². The summed E-state index contributed by atoms with van der Waals surface area (Å²) in [4.78, 5) is 12.2. The van der Waals surface area contributed by atoms with Gasteiger partial charge in [0.05, 0.1) is 16.3 Å². The summed E-state index contributed by atoms with van der Waals surface area (Å²) in [6.45, 7) is 0. The second-order valence-corrected chi connectivity index (χ2v) is 5.58. The predicted molar refractivity (Wildman–Crippen MR) is 88.6 cm³/mol. The van der Waals surface area contributed by atoms with Gasteiger partial charge in [0.25, 0.3) is 5.91 Å². The van der Waals surface area contributed by atoms with Crippen molar-refractivity contribution < 1.29 is 22.4 Å². The van der Waals surface area contributed by atoms with E-state index in [4.69, 9.17) is 16.0 Å². The van der Waals surface area contributed by atoms with Crippen molar-refractivity contribution in [1.29, 1.82) is 0 Å². The Kier molecular flexibility index (Phi) is 4.55. The number of amides is 1. The summed E-state index contributed by atoms with van der Waals surface area (Å²) >= 11 is 5.97. The van der Waals surface area contributed by atoms with Crippen LogP contribution in [0, 0.1) is 0 Å². The van der Waals surface area contributed by atoms with Crippen LogP contribution in [0.2, 0.25) is 5.02 Å². The molecule has 0 saturated carbocycles. The lowest BCUT2D eigenvalue weighted by Crippen LogP contribution is -2.11. The van der Waals surface area contributed by atoms with E-state index in [1.165, 1.54) is 24.3 Å². The van der Waals surface area contributed by atoms with Crippen LogP contribution in [0.5, 0.6) is 0 Å². The second kappa shape index (κ2) is 6.64. The number of halogens is 4. The highest BCUT2D eigenvalue weighted by Crippen LogP contribution is 2.32. The number of anilines is 1. The predicted octanol–water partition coefficient (Wildman–Crippen LogP) is 5.87. The molecule has 0 unspecified atom stereocenters. The van der Waals surface area contributed by atoms with E-state index in [1.807, 2.05) is 0 Å². The Morgan fingerprint density at radius 2 is 1.76 bits per heavy atom. The molecule has 1 aromatic heterocycles. The fourth-order valence-electron chi connectivity index (χ4n) is 2.21. The number of hydrogen-bond donors (Lipinski definition) is 1. The van der Waals surface area contributed by atoms with Crippen LogP contribution in [-0.2, 0) is 6.18 Å². The van der Waals surface area contributed by atoms with Crippen LogP contribution < -0.4 is 5.32 Å². The van der Waals surface area contributed by atoms with Gasteiger partial charge in [-0.3, -0.25) is 4.79 Å². The standard InChI is InChI=1S/C18H11ClF3NO2/c19-13-6-1-2-7-14(13)23-17(24)16-9-8-15(25-16)11-4-3-5-12(10-11)18(20,21)22/h1-10H,(H,23,24). The molecule has 0 radical (unpaired) electrons. The Hall–Kier alpha value is -2.73. The molecule has 1 heterocycles. The molecular weight excluding hydrogens is 355 g/mol. The molecule has 0 aliphatic carbocycles. The van der Waals surface area contributed by atoms with Gasteiger partial charge in [-0.05, 0) is 36.4 Å². The van der Waals surface area contributed by atoms with E-state index in [-0.39, 0.29) is 17.1 Å². The van der Waals surface area contributed by atoms with E-state index >= 15 is 0 Å². The number of nitrogens with one attached hydrogen (secondary N) is 1. The highest BCUT2D eigenvalue weighted by atomic mass is 35.5. The minimum Gasteiger partial charge on any atom is -0.451 e. The van der Waals surface area contributed by atoms with E-state index in [1.54, 1.807) is 24.3 Å². The van der Waals surface area contributed by atoms with E-state index in [2.05, 4.69) is 5.32 Å². The smallest absolute Gasteiger partial charge is 0.416 e. The Morgan fingerprint density at radius 3 is 2.48 bits per heavy atom. The Bertz CT molecular complexity index is 918. The largest absolute Gasteiger partial charge is 0.451 e. The molecule has 0 saturated heterocycles. The van der Waals surface area contributed by atoms with E-state index in [0.717, 1.165) is 12.1 Å². The first-order valence-electron chi connectivity index (χ1n) is 7.18. The maximum Gasteiger partial charge on any atom is 0.416 e. The number of benzene rings is 2. The number of carbonyl (C=O) groups excluding carboxylic acids is 1. The average Bonchev–Trinajstić information content (AvgIpc) is 3.06. The lowest BCUT2D eigenvalue weighted by molar-refractivity contribution is -0.137. The number of para-hydroxylation sites is 1. The molecule has 0 aliphatic heterocycles. The third kappa shape index (κ3) is 3.85. The van der Waals surface area contributed by atoms with Crippen LogP contribution in [0.15, 0.2) is 65.1 Å². The highest BCUT2D eigenvalue weighted by Gasteiger charge is 2.30. The van der Waals surface area contributed by atoms with Crippen LogP contribution >= 0.6 is 11.6 Å². The lowest BCUT2D eigenvalue weighted by atomic mass is 10.1. The van der Waals surface area contributed by atoms with E-state index < -0.39 is 17.6 Å². The Morgan fingerprint density at radius 1 is 1.00 bits per heavy atom. The zero-order valence-electron chi connectivity index (χ0n) is 12.6. The van der Waals surface area contributed by atoms with Crippen molar-refractivity contribution in [2.24, 2.45) is 0 Å². The molecule has 25 heavy (non-hydrogen) atoms.